The van der Waals surface area contributed by atoms with E-state index >= 15 is 0 Å². The molecule has 0 aromatic carbocycles. The molecule has 108 valence electrons. The lowest BCUT2D eigenvalue weighted by molar-refractivity contribution is 0.242. The Morgan fingerprint density at radius 2 is 1.44 bits per heavy atom. The Balaban J connectivity index is 1.83. The molecule has 1 rings (SSSR count). The SMILES string of the molecule is CCCCCCCCCCCN1CCCC1CC. The topological polar surface area (TPSA) is 3.24 Å². The lowest BCUT2D eigenvalue weighted by Crippen LogP contribution is -2.29. The summed E-state index contributed by atoms with van der Waals surface area (Å²) in [4.78, 5) is 2.74. The molecule has 1 nitrogen and oxygen atoms in total. The second kappa shape index (κ2) is 10.8. The Morgan fingerprint density at radius 3 is 2.06 bits per heavy atom. The molecule has 1 heterocycles. The summed E-state index contributed by atoms with van der Waals surface area (Å²) in [6.45, 7) is 7.38. The van der Waals surface area contributed by atoms with Gasteiger partial charge in [-0.25, -0.2) is 0 Å². The molecule has 1 aliphatic rings. The summed E-state index contributed by atoms with van der Waals surface area (Å²) in [5.41, 5.74) is 0. The average Bonchev–Trinajstić information content (AvgIpc) is 2.84. The molecule has 0 N–H and O–H groups in total. The summed E-state index contributed by atoms with van der Waals surface area (Å²) < 4.78 is 0. The van der Waals surface area contributed by atoms with Crippen LogP contribution < -0.4 is 0 Å². The Hall–Kier alpha value is -0.0400. The van der Waals surface area contributed by atoms with E-state index < -0.39 is 0 Å². The fraction of sp³-hybridized carbons (Fsp3) is 1.00. The molecule has 1 fully saturated rings. The van der Waals surface area contributed by atoms with E-state index in [2.05, 4.69) is 18.7 Å². The van der Waals surface area contributed by atoms with Gasteiger partial charge in [-0.05, 0) is 38.8 Å². The van der Waals surface area contributed by atoms with Crippen molar-refractivity contribution in [1.82, 2.24) is 4.90 Å². The Bertz CT molecular complexity index is 178. The maximum Gasteiger partial charge on any atom is 0.00931 e. The van der Waals surface area contributed by atoms with Crippen LogP contribution in [0.25, 0.3) is 0 Å². The summed E-state index contributed by atoms with van der Waals surface area (Å²) in [5, 5.41) is 0. The van der Waals surface area contributed by atoms with Crippen LogP contribution in [0.2, 0.25) is 0 Å². The molecule has 1 heteroatoms. The normalized spacial score (nSPS) is 20.7. The lowest BCUT2D eigenvalue weighted by atomic mass is 10.1. The molecule has 0 aliphatic carbocycles. The van der Waals surface area contributed by atoms with Gasteiger partial charge in [0, 0.05) is 6.04 Å². The van der Waals surface area contributed by atoms with Crippen LogP contribution in [0.1, 0.15) is 90.9 Å². The van der Waals surface area contributed by atoms with E-state index in [1.54, 1.807) is 0 Å². The molecule has 0 amide bonds. The highest BCUT2D eigenvalue weighted by molar-refractivity contribution is 4.77. The molecule has 0 bridgehead atoms. The third-order valence-corrected chi connectivity index (χ3v) is 4.52. The second-order valence-corrected chi connectivity index (χ2v) is 6.07. The summed E-state index contributed by atoms with van der Waals surface area (Å²) >= 11 is 0. The van der Waals surface area contributed by atoms with Gasteiger partial charge in [-0.15, -0.1) is 0 Å². The second-order valence-electron chi connectivity index (χ2n) is 6.07. The molecule has 0 aromatic heterocycles. The molecule has 1 unspecified atom stereocenters. The van der Waals surface area contributed by atoms with Crippen LogP contribution in [0.4, 0.5) is 0 Å². The van der Waals surface area contributed by atoms with Gasteiger partial charge in [0.2, 0.25) is 0 Å². The van der Waals surface area contributed by atoms with Crippen molar-refractivity contribution in [3.05, 3.63) is 0 Å². The quantitative estimate of drug-likeness (QED) is 0.446. The summed E-state index contributed by atoms with van der Waals surface area (Å²) in [5.74, 6) is 0. The zero-order valence-electron chi connectivity index (χ0n) is 12.9. The van der Waals surface area contributed by atoms with Crippen LogP contribution in [0.3, 0.4) is 0 Å². The maximum atomic E-state index is 2.74. The number of nitrogens with zero attached hydrogens (tertiary/aromatic N) is 1. The van der Waals surface area contributed by atoms with Gasteiger partial charge in [0.05, 0.1) is 0 Å². The molecule has 1 saturated heterocycles. The van der Waals surface area contributed by atoms with Gasteiger partial charge in [0.15, 0.2) is 0 Å². The minimum Gasteiger partial charge on any atom is -0.300 e. The Morgan fingerprint density at radius 1 is 0.833 bits per heavy atom. The summed E-state index contributed by atoms with van der Waals surface area (Å²) in [6.07, 6.45) is 17.3. The van der Waals surface area contributed by atoms with Gasteiger partial charge in [0.1, 0.15) is 0 Å². The van der Waals surface area contributed by atoms with Crippen molar-refractivity contribution >= 4 is 0 Å². The van der Waals surface area contributed by atoms with Gasteiger partial charge in [-0.3, -0.25) is 0 Å². The lowest BCUT2D eigenvalue weighted by Gasteiger charge is -2.22. The van der Waals surface area contributed by atoms with Crippen LogP contribution in [0.5, 0.6) is 0 Å². The third kappa shape index (κ3) is 6.78. The van der Waals surface area contributed by atoms with Gasteiger partial charge >= 0.3 is 0 Å². The molecule has 18 heavy (non-hydrogen) atoms. The van der Waals surface area contributed by atoms with Crippen molar-refractivity contribution in [3.8, 4) is 0 Å². The number of hydrogen-bond acceptors (Lipinski definition) is 1. The van der Waals surface area contributed by atoms with Crippen LogP contribution in [-0.4, -0.2) is 24.0 Å². The first kappa shape index (κ1) is 16.0. The zero-order chi connectivity index (χ0) is 13.1. The molecule has 0 saturated carbocycles. The molecule has 0 radical (unpaired) electrons. The van der Waals surface area contributed by atoms with Crippen molar-refractivity contribution < 1.29 is 0 Å². The highest BCUT2D eigenvalue weighted by Gasteiger charge is 2.21. The van der Waals surface area contributed by atoms with E-state index in [4.69, 9.17) is 0 Å². The van der Waals surface area contributed by atoms with Crippen molar-refractivity contribution in [3.63, 3.8) is 0 Å². The third-order valence-electron chi connectivity index (χ3n) is 4.52. The van der Waals surface area contributed by atoms with Crippen LogP contribution in [0.15, 0.2) is 0 Å². The van der Waals surface area contributed by atoms with Crippen molar-refractivity contribution in [2.24, 2.45) is 0 Å². The first-order valence-corrected chi connectivity index (χ1v) is 8.62. The fourth-order valence-corrected chi connectivity index (χ4v) is 3.28. The predicted molar refractivity (Wildman–Crippen MR) is 82.1 cm³/mol. The van der Waals surface area contributed by atoms with E-state index in [-0.39, 0.29) is 0 Å². The van der Waals surface area contributed by atoms with E-state index in [0.29, 0.717) is 0 Å². The highest BCUT2D eigenvalue weighted by atomic mass is 15.2. The minimum atomic E-state index is 0.916. The molecule has 0 aromatic rings. The fourth-order valence-electron chi connectivity index (χ4n) is 3.28. The van der Waals surface area contributed by atoms with Crippen molar-refractivity contribution in [2.75, 3.05) is 13.1 Å². The maximum absolute atomic E-state index is 2.74. The first-order valence-electron chi connectivity index (χ1n) is 8.62. The summed E-state index contributed by atoms with van der Waals surface area (Å²) in [6, 6.07) is 0.916. The smallest absolute Gasteiger partial charge is 0.00931 e. The van der Waals surface area contributed by atoms with Gasteiger partial charge in [-0.1, -0.05) is 65.2 Å². The number of rotatable bonds is 11. The van der Waals surface area contributed by atoms with Crippen LogP contribution in [0, 0.1) is 0 Å². The number of likely N-dealkylation sites (tertiary alicyclic amines) is 1. The summed E-state index contributed by atoms with van der Waals surface area (Å²) in [7, 11) is 0. The standard InChI is InChI=1S/C17H35N/c1-3-5-6-7-8-9-10-11-12-15-18-16-13-14-17(18)4-2/h17H,3-16H2,1-2H3. The van der Waals surface area contributed by atoms with E-state index in [0.717, 1.165) is 6.04 Å². The number of hydrogen-bond donors (Lipinski definition) is 0. The van der Waals surface area contributed by atoms with E-state index in [1.807, 2.05) is 0 Å². The predicted octanol–water partition coefficient (Wildman–Crippen LogP) is 5.39. The van der Waals surface area contributed by atoms with Gasteiger partial charge < -0.3 is 4.90 Å². The average molecular weight is 253 g/mol. The van der Waals surface area contributed by atoms with Crippen LogP contribution in [-0.2, 0) is 0 Å². The molecular weight excluding hydrogens is 218 g/mol. The van der Waals surface area contributed by atoms with Gasteiger partial charge in [-0.2, -0.15) is 0 Å². The number of unbranched alkanes of at least 4 members (excludes halogenated alkanes) is 8. The first-order chi connectivity index (χ1) is 8.88. The molecular formula is C17H35N. The largest absolute Gasteiger partial charge is 0.300 e. The van der Waals surface area contributed by atoms with E-state index in [9.17, 15) is 0 Å². The van der Waals surface area contributed by atoms with Crippen molar-refractivity contribution in [2.45, 2.75) is 96.9 Å². The highest BCUT2D eigenvalue weighted by Crippen LogP contribution is 2.20. The molecule has 0 spiro atoms. The molecule has 1 aliphatic heterocycles. The minimum absolute atomic E-state index is 0.916. The monoisotopic (exact) mass is 253 g/mol. The Labute approximate surface area is 115 Å². The zero-order valence-corrected chi connectivity index (χ0v) is 12.9. The van der Waals surface area contributed by atoms with Gasteiger partial charge in [0.25, 0.3) is 0 Å². The van der Waals surface area contributed by atoms with E-state index in [1.165, 1.54) is 90.1 Å². The molecule has 1 atom stereocenters. The Kier molecular flexibility index (Phi) is 9.65. The van der Waals surface area contributed by atoms with Crippen molar-refractivity contribution in [1.29, 1.82) is 0 Å². The van der Waals surface area contributed by atoms with Crippen LogP contribution >= 0.6 is 0 Å².